The number of phenolic OH excluding ortho intramolecular Hbond substituents is 1. The molecular formula is C47H30F6N10O4. The quantitative estimate of drug-likeness (QED) is 0.0639. The van der Waals surface area contributed by atoms with Crippen molar-refractivity contribution in [3.05, 3.63) is 175 Å². The summed E-state index contributed by atoms with van der Waals surface area (Å²) in [6, 6.07) is 33.5. The van der Waals surface area contributed by atoms with Crippen LogP contribution in [0.25, 0.3) is 22.5 Å². The second-order valence-electron chi connectivity index (χ2n) is 14.1. The van der Waals surface area contributed by atoms with Crippen LogP contribution in [0.15, 0.2) is 178 Å². The lowest BCUT2D eigenvalue weighted by Crippen LogP contribution is -2.05. The number of alkyl halides is 6. The van der Waals surface area contributed by atoms with E-state index >= 15 is 0 Å². The average molecular weight is 913 g/mol. The molecule has 0 aliphatic carbocycles. The van der Waals surface area contributed by atoms with Crippen molar-refractivity contribution < 1.29 is 46.1 Å². The van der Waals surface area contributed by atoms with Crippen molar-refractivity contribution in [2.45, 2.75) is 12.4 Å². The Bertz CT molecular complexity index is 3130. The summed E-state index contributed by atoms with van der Waals surface area (Å²) in [5.41, 5.74) is 1.54. The number of halogens is 6. The second-order valence-corrected chi connectivity index (χ2v) is 14.1. The number of carboxylic acids is 1. The zero-order valence-corrected chi connectivity index (χ0v) is 34.1. The number of aromatic carboxylic acids is 1. The van der Waals surface area contributed by atoms with E-state index in [1.165, 1.54) is 73.1 Å². The Kier molecular flexibility index (Phi) is 12.6. The highest BCUT2D eigenvalue weighted by Gasteiger charge is 2.31. The van der Waals surface area contributed by atoms with Crippen LogP contribution in [0.5, 0.6) is 17.2 Å². The zero-order valence-electron chi connectivity index (χ0n) is 34.1. The van der Waals surface area contributed by atoms with Crippen LogP contribution in [-0.4, -0.2) is 36.1 Å². The lowest BCUT2D eigenvalue weighted by molar-refractivity contribution is -0.138. The molecule has 0 spiro atoms. The molecule has 67 heavy (non-hydrogen) atoms. The van der Waals surface area contributed by atoms with E-state index in [-0.39, 0.29) is 51.8 Å². The Balaban J connectivity index is 1.05. The van der Waals surface area contributed by atoms with Gasteiger partial charge in [0.25, 0.3) is 0 Å². The Labute approximate surface area is 375 Å². The molecule has 8 rings (SSSR count). The third-order valence-electron chi connectivity index (χ3n) is 9.49. The fourth-order valence-electron chi connectivity index (χ4n) is 6.24. The summed E-state index contributed by atoms with van der Waals surface area (Å²) in [6.07, 6.45) is -6.11. The third kappa shape index (κ3) is 11.2. The summed E-state index contributed by atoms with van der Waals surface area (Å²) in [5.74, 6) is -1.04. The molecular weight excluding hydrogens is 883 g/mol. The van der Waals surface area contributed by atoms with E-state index in [4.69, 9.17) is 4.74 Å². The van der Waals surface area contributed by atoms with Gasteiger partial charge in [-0.25, -0.2) is 24.7 Å². The van der Waals surface area contributed by atoms with Crippen molar-refractivity contribution >= 4 is 52.0 Å². The Morgan fingerprint density at radius 2 is 1.07 bits per heavy atom. The van der Waals surface area contributed by atoms with Crippen LogP contribution in [0, 0.1) is 0 Å². The normalized spacial score (nSPS) is 11.8. The van der Waals surface area contributed by atoms with Crippen molar-refractivity contribution in [3.63, 3.8) is 0 Å². The summed E-state index contributed by atoms with van der Waals surface area (Å²) in [4.78, 5) is 30.0. The van der Waals surface area contributed by atoms with Crippen LogP contribution >= 0.6 is 0 Å². The first kappa shape index (κ1) is 44.5. The molecule has 0 fully saturated rings. The maximum Gasteiger partial charge on any atom is 0.416 e. The Hall–Kier alpha value is -9.07. The molecule has 20 heteroatoms. The molecule has 0 unspecified atom stereocenters. The van der Waals surface area contributed by atoms with Crippen molar-refractivity contribution in [1.29, 1.82) is 0 Å². The monoisotopic (exact) mass is 912 g/mol. The van der Waals surface area contributed by atoms with Gasteiger partial charge in [0.15, 0.2) is 0 Å². The average Bonchev–Trinajstić information content (AvgIpc) is 3.31. The van der Waals surface area contributed by atoms with Gasteiger partial charge in [-0.15, -0.1) is 10.2 Å². The van der Waals surface area contributed by atoms with Crippen LogP contribution in [0.2, 0.25) is 0 Å². The highest BCUT2D eigenvalue weighted by Crippen LogP contribution is 2.39. The predicted octanol–water partition coefficient (Wildman–Crippen LogP) is 14.2. The minimum Gasteiger partial charge on any atom is -0.508 e. The number of anilines is 4. The van der Waals surface area contributed by atoms with Gasteiger partial charge in [0.1, 0.15) is 22.8 Å². The van der Waals surface area contributed by atoms with E-state index < -0.39 is 29.4 Å². The van der Waals surface area contributed by atoms with Gasteiger partial charge < -0.3 is 25.6 Å². The molecule has 0 amide bonds. The molecule has 0 radical (unpaired) electrons. The maximum absolute atomic E-state index is 13.2. The van der Waals surface area contributed by atoms with Gasteiger partial charge in [-0.3, -0.25) is 0 Å². The van der Waals surface area contributed by atoms with Gasteiger partial charge in [-0.2, -0.15) is 36.6 Å². The number of aromatic hydroxyl groups is 1. The summed E-state index contributed by atoms with van der Waals surface area (Å²) in [5, 5.41) is 43.0. The number of ether oxygens (including phenoxy) is 1. The number of benzene rings is 6. The zero-order chi connectivity index (χ0) is 47.1. The van der Waals surface area contributed by atoms with Gasteiger partial charge >= 0.3 is 18.3 Å². The fourth-order valence-corrected chi connectivity index (χ4v) is 6.24. The fraction of sp³-hybridized carbons (Fsp3) is 0.0426. The van der Waals surface area contributed by atoms with Crippen molar-refractivity contribution in [3.8, 4) is 39.8 Å². The molecule has 2 aromatic heterocycles. The molecule has 8 aromatic rings. The Morgan fingerprint density at radius 3 is 1.64 bits per heavy atom. The van der Waals surface area contributed by atoms with Gasteiger partial charge in [-0.05, 0) is 127 Å². The number of azo groups is 2. The van der Waals surface area contributed by atoms with E-state index in [0.29, 0.717) is 39.6 Å². The number of nitrogens with zero attached hydrogens (tertiary/aromatic N) is 8. The first-order valence-corrected chi connectivity index (χ1v) is 19.6. The third-order valence-corrected chi connectivity index (χ3v) is 9.49. The first-order valence-electron chi connectivity index (χ1n) is 19.6. The van der Waals surface area contributed by atoms with E-state index in [2.05, 4.69) is 51.0 Å². The van der Waals surface area contributed by atoms with Crippen LogP contribution in [0.3, 0.4) is 0 Å². The number of hydrogen-bond donors (Lipinski definition) is 4. The van der Waals surface area contributed by atoms with Crippen molar-refractivity contribution in [2.75, 3.05) is 10.6 Å². The molecule has 6 aromatic carbocycles. The van der Waals surface area contributed by atoms with Crippen LogP contribution < -0.4 is 15.4 Å². The van der Waals surface area contributed by atoms with Gasteiger partial charge in [0.2, 0.25) is 11.9 Å². The number of rotatable bonds is 13. The SMILES string of the molecule is O=C(O)c1cc(/N=N/c2ccccc2-c2ccnc(Nc3ccc(C(F)(F)F)cc3)n2)ccc1Oc1ccc(/N=N/c2ccc(O)cc2)c(-c2ccnc(Nc3ccc(C(F)(F)F)cc3)n2)c1. The van der Waals surface area contributed by atoms with E-state index in [9.17, 15) is 41.4 Å². The predicted molar refractivity (Wildman–Crippen MR) is 234 cm³/mol. The molecule has 2 heterocycles. The topological polar surface area (TPSA) is 192 Å². The van der Waals surface area contributed by atoms with Crippen molar-refractivity contribution in [1.82, 2.24) is 19.9 Å². The van der Waals surface area contributed by atoms with Crippen LogP contribution in [0.4, 0.5) is 72.4 Å². The summed E-state index contributed by atoms with van der Waals surface area (Å²) in [7, 11) is 0. The molecule has 14 nitrogen and oxygen atoms in total. The molecule has 0 atom stereocenters. The lowest BCUT2D eigenvalue weighted by Gasteiger charge is -2.13. The highest BCUT2D eigenvalue weighted by atomic mass is 19.4. The number of nitrogens with one attached hydrogen (secondary N) is 2. The van der Waals surface area contributed by atoms with Gasteiger partial charge in [0.05, 0.1) is 45.3 Å². The molecule has 0 saturated heterocycles. The van der Waals surface area contributed by atoms with Gasteiger partial charge in [0, 0.05) is 34.9 Å². The van der Waals surface area contributed by atoms with Crippen LogP contribution in [-0.2, 0) is 12.4 Å². The molecule has 0 saturated carbocycles. The summed E-state index contributed by atoms with van der Waals surface area (Å²) >= 11 is 0. The summed E-state index contributed by atoms with van der Waals surface area (Å²) < 4.78 is 84.7. The van der Waals surface area contributed by atoms with E-state index in [1.807, 2.05) is 0 Å². The maximum atomic E-state index is 13.2. The van der Waals surface area contributed by atoms with E-state index in [0.717, 1.165) is 24.3 Å². The first-order chi connectivity index (χ1) is 32.1. The van der Waals surface area contributed by atoms with Crippen LogP contribution in [0.1, 0.15) is 21.5 Å². The lowest BCUT2D eigenvalue weighted by atomic mass is 10.1. The van der Waals surface area contributed by atoms with Crippen molar-refractivity contribution in [2.24, 2.45) is 20.5 Å². The molecule has 4 N–H and O–H groups in total. The molecule has 0 aliphatic heterocycles. The minimum absolute atomic E-state index is 0.0314. The molecule has 334 valence electrons. The summed E-state index contributed by atoms with van der Waals surface area (Å²) in [6.45, 7) is 0. The number of carbonyl (C=O) groups is 1. The minimum atomic E-state index is -4.52. The Morgan fingerprint density at radius 1 is 0.552 bits per heavy atom. The number of aromatic nitrogens is 4. The highest BCUT2D eigenvalue weighted by molar-refractivity contribution is 5.92. The number of hydrogen-bond acceptors (Lipinski definition) is 13. The van der Waals surface area contributed by atoms with E-state index in [1.54, 1.807) is 60.7 Å². The number of carboxylic acid groups (broad SMARTS) is 1. The molecule has 0 aliphatic rings. The number of phenols is 1. The smallest absolute Gasteiger partial charge is 0.416 e. The second kappa shape index (κ2) is 19.0. The largest absolute Gasteiger partial charge is 0.508 e. The molecule has 0 bridgehead atoms. The van der Waals surface area contributed by atoms with Gasteiger partial charge in [-0.1, -0.05) is 18.2 Å². The standard InChI is InChI=1S/C47H30F6N10O4/c48-46(49,50)27-5-9-29(10-6-27)56-44-54-23-21-38(58-44)35-3-1-2-4-40(35)62-61-32-15-20-42(37(25-32)43(65)66)67-34-18-19-41(63-60-31-13-16-33(64)17-14-31)36(26-34)39-22-24-55-45(59-39)57-30-11-7-28(8-12-30)47(51,52)53/h1-26,64H,(H,65,66)(H,54,56,58)(H,55,57,59)/b62-61+,63-60+.